The van der Waals surface area contributed by atoms with Gasteiger partial charge in [0.05, 0.1) is 13.2 Å². The number of nitrogens with one attached hydrogen (secondary N) is 1. The molecule has 0 atom stereocenters. The molecule has 1 aliphatic carbocycles. The lowest BCUT2D eigenvalue weighted by atomic mass is 9.86. The first kappa shape index (κ1) is 17.0. The molecule has 0 radical (unpaired) electrons. The van der Waals surface area contributed by atoms with Crippen LogP contribution < -0.4 is 5.32 Å². The van der Waals surface area contributed by atoms with Gasteiger partial charge in [0.2, 0.25) is 0 Å². The van der Waals surface area contributed by atoms with Crippen molar-refractivity contribution in [2.75, 3.05) is 33.4 Å². The molecule has 1 rings (SSSR count). The van der Waals surface area contributed by atoms with E-state index in [2.05, 4.69) is 11.9 Å². The Morgan fingerprint density at radius 3 is 2.60 bits per heavy atom. The number of hydrogen-bond acceptors (Lipinski definition) is 3. The predicted molar refractivity (Wildman–Crippen MR) is 79.6 cm³/mol. The van der Waals surface area contributed by atoms with E-state index in [1.807, 2.05) is 14.0 Å². The molecule has 1 fully saturated rings. The number of hydrogen-bond donors (Lipinski definition) is 2. The van der Waals surface area contributed by atoms with Gasteiger partial charge in [0.15, 0.2) is 0 Å². The molecule has 116 valence electrons. The molecular weight excluding hydrogens is 256 g/mol. The largest absolute Gasteiger partial charge is 0.396 e. The van der Waals surface area contributed by atoms with Crippen LogP contribution in [0.25, 0.3) is 0 Å². The van der Waals surface area contributed by atoms with Gasteiger partial charge in [-0.2, -0.15) is 0 Å². The van der Waals surface area contributed by atoms with Crippen molar-refractivity contribution in [3.8, 4) is 0 Å². The van der Waals surface area contributed by atoms with Crippen LogP contribution in [0, 0.1) is 5.92 Å². The minimum Gasteiger partial charge on any atom is -0.396 e. The lowest BCUT2D eigenvalue weighted by Crippen LogP contribution is -2.46. The van der Waals surface area contributed by atoms with Crippen molar-refractivity contribution < 1.29 is 14.6 Å². The molecule has 0 aromatic carbocycles. The summed E-state index contributed by atoms with van der Waals surface area (Å²) in [6.45, 7) is 7.49. The predicted octanol–water partition coefficient (Wildman–Crippen LogP) is 1.77. The average Bonchev–Trinajstić information content (AvgIpc) is 2.45. The van der Waals surface area contributed by atoms with Crippen molar-refractivity contribution in [3.63, 3.8) is 0 Å². The second-order valence-electron chi connectivity index (χ2n) is 5.71. The van der Waals surface area contributed by atoms with Gasteiger partial charge in [-0.3, -0.25) is 0 Å². The van der Waals surface area contributed by atoms with Crippen LogP contribution in [0.2, 0.25) is 0 Å². The van der Waals surface area contributed by atoms with E-state index < -0.39 is 0 Å². The molecule has 1 saturated carbocycles. The molecule has 2 N–H and O–H groups in total. The van der Waals surface area contributed by atoms with Crippen molar-refractivity contribution in [2.45, 2.75) is 38.6 Å². The first-order valence-corrected chi connectivity index (χ1v) is 7.38. The molecule has 1 aliphatic rings. The minimum atomic E-state index is -0.0450. The molecule has 0 heterocycles. The van der Waals surface area contributed by atoms with Gasteiger partial charge in [-0.1, -0.05) is 12.2 Å². The fourth-order valence-electron chi connectivity index (χ4n) is 2.48. The molecule has 5 heteroatoms. The van der Waals surface area contributed by atoms with Crippen LogP contribution in [-0.2, 0) is 4.74 Å². The lowest BCUT2D eigenvalue weighted by molar-refractivity contribution is 0.128. The maximum absolute atomic E-state index is 12.0. The highest BCUT2D eigenvalue weighted by molar-refractivity contribution is 5.74. The standard InChI is InChI=1S/C15H28N2O3/c1-12(2)11-20-9-8-16-15(19)17(3)14-6-4-13(10-18)5-7-14/h13-14,18H,1,4-11H2,2-3H3,(H,16,19). The summed E-state index contributed by atoms with van der Waals surface area (Å²) in [5.41, 5.74) is 0.981. The number of aliphatic hydroxyl groups excluding tert-OH is 1. The van der Waals surface area contributed by atoms with Gasteiger partial charge in [-0.05, 0) is 38.5 Å². The highest BCUT2D eigenvalue weighted by Gasteiger charge is 2.25. The van der Waals surface area contributed by atoms with E-state index in [1.54, 1.807) is 4.90 Å². The molecule has 5 nitrogen and oxygen atoms in total. The van der Waals surface area contributed by atoms with Crippen molar-refractivity contribution in [2.24, 2.45) is 5.92 Å². The summed E-state index contributed by atoms with van der Waals surface area (Å²) in [4.78, 5) is 13.8. The zero-order valence-electron chi connectivity index (χ0n) is 12.7. The van der Waals surface area contributed by atoms with Gasteiger partial charge in [-0.15, -0.1) is 0 Å². The van der Waals surface area contributed by atoms with Gasteiger partial charge in [0, 0.05) is 26.2 Å². The van der Waals surface area contributed by atoms with Crippen LogP contribution in [0.1, 0.15) is 32.6 Å². The third-order valence-corrected chi connectivity index (χ3v) is 3.81. The first-order valence-electron chi connectivity index (χ1n) is 7.38. The number of urea groups is 1. The van der Waals surface area contributed by atoms with Crippen LogP contribution in [0.3, 0.4) is 0 Å². The fourth-order valence-corrected chi connectivity index (χ4v) is 2.48. The number of nitrogens with zero attached hydrogens (tertiary/aromatic N) is 1. The Labute approximate surface area is 122 Å². The van der Waals surface area contributed by atoms with E-state index >= 15 is 0 Å². The van der Waals surface area contributed by atoms with Crippen molar-refractivity contribution in [3.05, 3.63) is 12.2 Å². The lowest BCUT2D eigenvalue weighted by Gasteiger charge is -2.34. The van der Waals surface area contributed by atoms with Crippen LogP contribution in [0.4, 0.5) is 4.79 Å². The van der Waals surface area contributed by atoms with E-state index in [9.17, 15) is 4.79 Å². The van der Waals surface area contributed by atoms with Crippen molar-refractivity contribution in [1.29, 1.82) is 0 Å². The zero-order valence-corrected chi connectivity index (χ0v) is 12.7. The number of ether oxygens (including phenoxy) is 1. The molecule has 0 unspecified atom stereocenters. The Morgan fingerprint density at radius 1 is 1.40 bits per heavy atom. The molecule has 0 spiro atoms. The summed E-state index contributed by atoms with van der Waals surface area (Å²) in [7, 11) is 1.84. The number of rotatable bonds is 7. The Balaban J connectivity index is 2.17. The molecule has 0 aromatic heterocycles. The van der Waals surface area contributed by atoms with Crippen LogP contribution >= 0.6 is 0 Å². The van der Waals surface area contributed by atoms with Crippen LogP contribution in [-0.4, -0.2) is 55.5 Å². The second-order valence-corrected chi connectivity index (χ2v) is 5.71. The third kappa shape index (κ3) is 5.92. The highest BCUT2D eigenvalue weighted by atomic mass is 16.5. The van der Waals surface area contributed by atoms with E-state index in [0.717, 1.165) is 31.3 Å². The normalized spacial score (nSPS) is 22.4. The van der Waals surface area contributed by atoms with Crippen LogP contribution in [0.15, 0.2) is 12.2 Å². The van der Waals surface area contributed by atoms with E-state index in [4.69, 9.17) is 9.84 Å². The smallest absolute Gasteiger partial charge is 0.317 e. The Hall–Kier alpha value is -1.07. The topological polar surface area (TPSA) is 61.8 Å². The van der Waals surface area contributed by atoms with E-state index in [0.29, 0.717) is 25.7 Å². The second kappa shape index (κ2) is 8.97. The number of amides is 2. The van der Waals surface area contributed by atoms with Gasteiger partial charge < -0.3 is 20.1 Å². The SMILES string of the molecule is C=C(C)COCCNC(=O)N(C)C1CCC(CO)CC1. The Bertz CT molecular complexity index is 312. The molecule has 2 amide bonds. The van der Waals surface area contributed by atoms with Crippen molar-refractivity contribution in [1.82, 2.24) is 10.2 Å². The number of aliphatic hydroxyl groups is 1. The minimum absolute atomic E-state index is 0.0450. The zero-order chi connectivity index (χ0) is 15.0. The summed E-state index contributed by atoms with van der Waals surface area (Å²) in [6.07, 6.45) is 3.95. The molecule has 0 bridgehead atoms. The van der Waals surface area contributed by atoms with Gasteiger partial charge in [0.25, 0.3) is 0 Å². The summed E-state index contributed by atoms with van der Waals surface area (Å²) >= 11 is 0. The molecule has 20 heavy (non-hydrogen) atoms. The Morgan fingerprint density at radius 2 is 2.05 bits per heavy atom. The van der Waals surface area contributed by atoms with Gasteiger partial charge in [-0.25, -0.2) is 4.79 Å². The monoisotopic (exact) mass is 284 g/mol. The summed E-state index contributed by atoms with van der Waals surface area (Å²) in [6, 6.07) is 0.241. The highest BCUT2D eigenvalue weighted by Crippen LogP contribution is 2.26. The van der Waals surface area contributed by atoms with E-state index in [1.165, 1.54) is 0 Å². The van der Waals surface area contributed by atoms with Crippen molar-refractivity contribution >= 4 is 6.03 Å². The third-order valence-electron chi connectivity index (χ3n) is 3.81. The summed E-state index contributed by atoms with van der Waals surface area (Å²) < 4.78 is 5.34. The maximum Gasteiger partial charge on any atom is 0.317 e. The first-order chi connectivity index (χ1) is 9.54. The fraction of sp³-hybridized carbons (Fsp3) is 0.800. The molecule has 0 saturated heterocycles. The Kier molecular flexibility index (Phi) is 7.62. The van der Waals surface area contributed by atoms with Crippen LogP contribution in [0.5, 0.6) is 0 Å². The van der Waals surface area contributed by atoms with Gasteiger partial charge in [0.1, 0.15) is 0 Å². The maximum atomic E-state index is 12.0. The molecule has 0 aliphatic heterocycles. The average molecular weight is 284 g/mol. The summed E-state index contributed by atoms with van der Waals surface area (Å²) in [5, 5.41) is 12.0. The van der Waals surface area contributed by atoms with E-state index in [-0.39, 0.29) is 18.7 Å². The number of carbonyl (C=O) groups is 1. The molecular formula is C15H28N2O3. The molecule has 0 aromatic rings. The number of carbonyl (C=O) groups excluding carboxylic acids is 1. The quantitative estimate of drug-likeness (QED) is 0.553. The summed E-state index contributed by atoms with van der Waals surface area (Å²) in [5.74, 6) is 0.415. The van der Waals surface area contributed by atoms with Gasteiger partial charge >= 0.3 is 6.03 Å².